The maximum absolute atomic E-state index is 4.53. The molecule has 0 spiro atoms. The van der Waals surface area contributed by atoms with E-state index in [1.54, 1.807) is 11.3 Å². The molecule has 0 atom stereocenters. The van der Waals surface area contributed by atoms with Crippen molar-refractivity contribution in [3.05, 3.63) is 34.2 Å². The summed E-state index contributed by atoms with van der Waals surface area (Å²) in [6, 6.07) is 6.61. The highest BCUT2D eigenvalue weighted by atomic mass is 32.1. The number of hydrogen-bond acceptors (Lipinski definition) is 3. The van der Waals surface area contributed by atoms with Crippen LogP contribution >= 0.6 is 11.3 Å². The second kappa shape index (κ2) is 3.91. The molecule has 0 bridgehead atoms. The summed E-state index contributed by atoms with van der Waals surface area (Å²) in [6.45, 7) is 3.15. The molecule has 0 saturated heterocycles. The summed E-state index contributed by atoms with van der Waals surface area (Å²) in [5.41, 5.74) is 5.07. The van der Waals surface area contributed by atoms with Gasteiger partial charge in [0.15, 0.2) is 0 Å². The number of nitrogens with zero attached hydrogens (tertiary/aromatic N) is 1. The van der Waals surface area contributed by atoms with Crippen LogP contribution < -0.4 is 5.32 Å². The summed E-state index contributed by atoms with van der Waals surface area (Å²) in [6.07, 6.45) is 2.41. The average Bonchev–Trinajstić information content (AvgIpc) is 2.75. The minimum absolute atomic E-state index is 1.10. The Bertz CT molecular complexity index is 516. The molecule has 1 aliphatic heterocycles. The van der Waals surface area contributed by atoms with Crippen LogP contribution in [0, 0.1) is 6.92 Å². The molecule has 3 rings (SSSR count). The predicted molar refractivity (Wildman–Crippen MR) is 69.1 cm³/mol. The van der Waals surface area contributed by atoms with E-state index in [1.165, 1.54) is 29.7 Å². The van der Waals surface area contributed by atoms with Crippen LogP contribution in [0.15, 0.2) is 23.6 Å². The van der Waals surface area contributed by atoms with E-state index in [1.807, 2.05) is 6.92 Å². The van der Waals surface area contributed by atoms with Gasteiger partial charge < -0.3 is 5.32 Å². The Hall–Kier alpha value is -1.35. The van der Waals surface area contributed by atoms with Gasteiger partial charge in [-0.25, -0.2) is 4.98 Å². The molecule has 1 aromatic heterocycles. The van der Waals surface area contributed by atoms with Crippen molar-refractivity contribution < 1.29 is 0 Å². The van der Waals surface area contributed by atoms with E-state index in [0.29, 0.717) is 0 Å². The molecule has 2 heterocycles. The van der Waals surface area contributed by atoms with E-state index < -0.39 is 0 Å². The van der Waals surface area contributed by atoms with E-state index >= 15 is 0 Å². The Balaban J connectivity index is 2.02. The Morgan fingerprint density at radius 3 is 3.12 bits per heavy atom. The normalized spacial score (nSPS) is 14.3. The molecule has 1 N–H and O–H groups in total. The molecule has 82 valence electrons. The van der Waals surface area contributed by atoms with Crippen molar-refractivity contribution >= 4 is 17.0 Å². The number of nitrogens with one attached hydrogen (secondary N) is 1. The highest BCUT2D eigenvalue weighted by Gasteiger charge is 2.10. The Morgan fingerprint density at radius 2 is 2.31 bits per heavy atom. The number of hydrogen-bond donors (Lipinski definition) is 1. The van der Waals surface area contributed by atoms with Crippen molar-refractivity contribution in [2.75, 3.05) is 11.9 Å². The highest BCUT2D eigenvalue weighted by Crippen LogP contribution is 2.28. The lowest BCUT2D eigenvalue weighted by Gasteiger charge is -2.18. The van der Waals surface area contributed by atoms with Crippen LogP contribution in [0.3, 0.4) is 0 Å². The molecule has 16 heavy (non-hydrogen) atoms. The van der Waals surface area contributed by atoms with Crippen LogP contribution in [0.5, 0.6) is 0 Å². The van der Waals surface area contributed by atoms with E-state index in [2.05, 4.69) is 33.9 Å². The molecule has 0 aliphatic carbocycles. The third-order valence-electron chi connectivity index (χ3n) is 2.96. The highest BCUT2D eigenvalue weighted by molar-refractivity contribution is 7.09. The van der Waals surface area contributed by atoms with E-state index in [4.69, 9.17) is 0 Å². The van der Waals surface area contributed by atoms with Crippen LogP contribution in [0.1, 0.15) is 17.0 Å². The number of fused-ring (bicyclic) bond motifs is 1. The fourth-order valence-corrected chi connectivity index (χ4v) is 2.75. The quantitative estimate of drug-likeness (QED) is 0.811. The maximum atomic E-state index is 4.53. The first-order chi connectivity index (χ1) is 7.83. The van der Waals surface area contributed by atoms with Gasteiger partial charge in [-0.2, -0.15) is 0 Å². The minimum atomic E-state index is 1.10. The second-order valence-corrected chi connectivity index (χ2v) is 5.22. The Labute approximate surface area is 99.4 Å². The smallest absolute Gasteiger partial charge is 0.0901 e. The monoisotopic (exact) mass is 230 g/mol. The van der Waals surface area contributed by atoms with E-state index in [-0.39, 0.29) is 0 Å². The van der Waals surface area contributed by atoms with Crippen LogP contribution in [0.4, 0.5) is 5.69 Å². The lowest BCUT2D eigenvalue weighted by Crippen LogP contribution is -2.11. The molecular weight excluding hydrogens is 216 g/mol. The third-order valence-corrected chi connectivity index (χ3v) is 3.73. The van der Waals surface area contributed by atoms with Gasteiger partial charge in [0.05, 0.1) is 10.7 Å². The maximum Gasteiger partial charge on any atom is 0.0901 e. The molecule has 0 unspecified atom stereocenters. The van der Waals surface area contributed by atoms with Gasteiger partial charge >= 0.3 is 0 Å². The predicted octanol–water partition coefficient (Wildman–Crippen LogP) is 3.48. The molecule has 0 amide bonds. The molecule has 1 aliphatic rings. The summed E-state index contributed by atoms with van der Waals surface area (Å²) in [5.74, 6) is 0. The summed E-state index contributed by atoms with van der Waals surface area (Å²) in [4.78, 5) is 4.53. The summed E-state index contributed by atoms with van der Waals surface area (Å²) >= 11 is 1.71. The molecule has 0 fully saturated rings. The number of aryl methyl sites for hydroxylation is 2. The van der Waals surface area contributed by atoms with Gasteiger partial charge in [0.1, 0.15) is 0 Å². The van der Waals surface area contributed by atoms with Gasteiger partial charge in [-0.1, -0.05) is 6.07 Å². The molecular formula is C13H14N2S. The fraction of sp³-hybridized carbons (Fsp3) is 0.308. The van der Waals surface area contributed by atoms with Gasteiger partial charge in [0, 0.05) is 23.2 Å². The van der Waals surface area contributed by atoms with Crippen molar-refractivity contribution in [1.82, 2.24) is 4.98 Å². The van der Waals surface area contributed by atoms with Crippen LogP contribution in [0.2, 0.25) is 0 Å². The number of benzene rings is 1. The SMILES string of the molecule is Cc1nc(-c2ccc3c(c2)CCCN3)cs1. The molecule has 2 aromatic rings. The van der Waals surface area contributed by atoms with Crippen molar-refractivity contribution in [2.24, 2.45) is 0 Å². The summed E-state index contributed by atoms with van der Waals surface area (Å²) < 4.78 is 0. The third kappa shape index (κ3) is 1.71. The first-order valence-electron chi connectivity index (χ1n) is 5.62. The van der Waals surface area contributed by atoms with Gasteiger partial charge in [0.2, 0.25) is 0 Å². The topological polar surface area (TPSA) is 24.9 Å². The number of rotatable bonds is 1. The summed E-state index contributed by atoms with van der Waals surface area (Å²) in [5, 5.41) is 6.69. The van der Waals surface area contributed by atoms with Gasteiger partial charge in [0.25, 0.3) is 0 Å². The zero-order chi connectivity index (χ0) is 11.0. The van der Waals surface area contributed by atoms with Gasteiger partial charge in [-0.15, -0.1) is 11.3 Å². The number of aromatic nitrogens is 1. The largest absolute Gasteiger partial charge is 0.385 e. The van der Waals surface area contributed by atoms with Crippen LogP contribution in [-0.4, -0.2) is 11.5 Å². The second-order valence-electron chi connectivity index (χ2n) is 4.15. The number of thiazole rings is 1. The molecule has 0 saturated carbocycles. The van der Waals surface area contributed by atoms with Gasteiger partial charge in [-0.3, -0.25) is 0 Å². The molecule has 3 heteroatoms. The van der Waals surface area contributed by atoms with Crippen molar-refractivity contribution in [3.8, 4) is 11.3 Å². The average molecular weight is 230 g/mol. The molecule has 2 nitrogen and oxygen atoms in total. The lowest BCUT2D eigenvalue weighted by molar-refractivity contribution is 0.830. The van der Waals surface area contributed by atoms with E-state index in [9.17, 15) is 0 Å². The fourth-order valence-electron chi connectivity index (χ4n) is 2.13. The van der Waals surface area contributed by atoms with Crippen molar-refractivity contribution in [3.63, 3.8) is 0 Å². The number of anilines is 1. The van der Waals surface area contributed by atoms with E-state index in [0.717, 1.165) is 17.2 Å². The zero-order valence-corrected chi connectivity index (χ0v) is 10.1. The Morgan fingerprint density at radius 1 is 1.38 bits per heavy atom. The van der Waals surface area contributed by atoms with Crippen LogP contribution in [-0.2, 0) is 6.42 Å². The first kappa shape index (κ1) is 9.85. The molecule has 0 radical (unpaired) electrons. The molecule has 1 aromatic carbocycles. The van der Waals surface area contributed by atoms with Crippen molar-refractivity contribution in [1.29, 1.82) is 0 Å². The summed E-state index contributed by atoms with van der Waals surface area (Å²) in [7, 11) is 0. The standard InChI is InChI=1S/C13H14N2S/c1-9-15-13(8-16-9)11-4-5-12-10(7-11)3-2-6-14-12/h4-5,7-8,14H,2-3,6H2,1H3. The Kier molecular flexibility index (Phi) is 2.40. The lowest BCUT2D eigenvalue weighted by atomic mass is 10.00. The van der Waals surface area contributed by atoms with Crippen molar-refractivity contribution in [2.45, 2.75) is 19.8 Å². The zero-order valence-electron chi connectivity index (χ0n) is 9.29. The van der Waals surface area contributed by atoms with Gasteiger partial charge in [-0.05, 0) is 37.5 Å². The van der Waals surface area contributed by atoms with Crippen LogP contribution in [0.25, 0.3) is 11.3 Å². The minimum Gasteiger partial charge on any atom is -0.385 e. The first-order valence-corrected chi connectivity index (χ1v) is 6.50.